The van der Waals surface area contributed by atoms with Crippen molar-refractivity contribution >= 4 is 0 Å². The Morgan fingerprint density at radius 3 is 1.58 bits per heavy atom. The molecule has 0 saturated carbocycles. The average molecular weight is 339 g/mol. The lowest BCUT2D eigenvalue weighted by Gasteiger charge is -2.36. The standard InChI is InChI=1S/C24H50/c1-11-13-19(7)16-23(24(12-2)22(10)18(5)6)15-14-20(8)21(9)17(3)4/h17-24H,11-16H2,1-10H3. The maximum atomic E-state index is 2.51. The zero-order valence-corrected chi connectivity index (χ0v) is 18.9. The van der Waals surface area contributed by atoms with Crippen LogP contribution in [0.15, 0.2) is 0 Å². The summed E-state index contributed by atoms with van der Waals surface area (Å²) in [4.78, 5) is 0. The fourth-order valence-corrected chi connectivity index (χ4v) is 4.66. The van der Waals surface area contributed by atoms with Crippen molar-refractivity contribution in [3.63, 3.8) is 0 Å². The molecule has 0 rings (SSSR count). The van der Waals surface area contributed by atoms with E-state index in [1.54, 1.807) is 0 Å². The van der Waals surface area contributed by atoms with Crippen molar-refractivity contribution in [3.05, 3.63) is 0 Å². The van der Waals surface area contributed by atoms with Gasteiger partial charge in [0.25, 0.3) is 0 Å². The largest absolute Gasteiger partial charge is 0.0654 e. The fraction of sp³-hybridized carbons (Fsp3) is 1.00. The smallest absolute Gasteiger partial charge is 0.0360 e. The average Bonchev–Trinajstić information content (AvgIpc) is 2.51. The fourth-order valence-electron chi connectivity index (χ4n) is 4.66. The van der Waals surface area contributed by atoms with Crippen molar-refractivity contribution < 1.29 is 0 Å². The first-order valence-corrected chi connectivity index (χ1v) is 11.1. The van der Waals surface area contributed by atoms with Crippen molar-refractivity contribution in [2.45, 2.75) is 108 Å². The SMILES string of the molecule is CCCC(C)CC(CCC(C)C(C)C(C)C)C(CC)C(C)C(C)C. The maximum Gasteiger partial charge on any atom is -0.0360 e. The summed E-state index contributed by atoms with van der Waals surface area (Å²) >= 11 is 0. The third-order valence-corrected chi connectivity index (χ3v) is 7.23. The van der Waals surface area contributed by atoms with E-state index in [0.717, 1.165) is 47.3 Å². The van der Waals surface area contributed by atoms with Gasteiger partial charge in [-0.1, -0.05) is 94.9 Å². The highest BCUT2D eigenvalue weighted by Gasteiger charge is 2.29. The molecule has 0 N–H and O–H groups in total. The first-order chi connectivity index (χ1) is 11.1. The second-order valence-electron chi connectivity index (χ2n) is 9.72. The topological polar surface area (TPSA) is 0 Å². The van der Waals surface area contributed by atoms with Crippen LogP contribution in [0.25, 0.3) is 0 Å². The highest BCUT2D eigenvalue weighted by Crippen LogP contribution is 2.38. The second-order valence-corrected chi connectivity index (χ2v) is 9.72. The zero-order chi connectivity index (χ0) is 18.9. The quantitative estimate of drug-likeness (QED) is 0.316. The van der Waals surface area contributed by atoms with Gasteiger partial charge < -0.3 is 0 Å². The minimum atomic E-state index is 0.811. The predicted octanol–water partition coefficient (Wildman–Crippen LogP) is 8.46. The van der Waals surface area contributed by atoms with E-state index in [4.69, 9.17) is 0 Å². The van der Waals surface area contributed by atoms with Gasteiger partial charge in [0.1, 0.15) is 0 Å². The van der Waals surface area contributed by atoms with E-state index >= 15 is 0 Å². The van der Waals surface area contributed by atoms with Crippen LogP contribution < -0.4 is 0 Å². The van der Waals surface area contributed by atoms with Crippen molar-refractivity contribution in [3.8, 4) is 0 Å². The predicted molar refractivity (Wildman–Crippen MR) is 112 cm³/mol. The minimum absolute atomic E-state index is 0.811. The van der Waals surface area contributed by atoms with Crippen LogP contribution in [0, 0.1) is 47.3 Å². The van der Waals surface area contributed by atoms with Gasteiger partial charge in [0.2, 0.25) is 0 Å². The molecule has 0 aliphatic heterocycles. The zero-order valence-electron chi connectivity index (χ0n) is 18.9. The Hall–Kier alpha value is 0. The van der Waals surface area contributed by atoms with Crippen LogP contribution in [0.1, 0.15) is 108 Å². The third kappa shape index (κ3) is 8.39. The number of rotatable bonds is 13. The number of hydrogen-bond acceptors (Lipinski definition) is 0. The molecule has 0 saturated heterocycles. The summed E-state index contributed by atoms with van der Waals surface area (Å²) in [7, 11) is 0. The molecule has 0 heteroatoms. The molecule has 0 fully saturated rings. The van der Waals surface area contributed by atoms with Crippen LogP contribution in [0.5, 0.6) is 0 Å². The number of hydrogen-bond donors (Lipinski definition) is 0. The molecule has 0 nitrogen and oxygen atoms in total. The van der Waals surface area contributed by atoms with E-state index in [2.05, 4.69) is 69.2 Å². The van der Waals surface area contributed by atoms with E-state index in [-0.39, 0.29) is 0 Å². The van der Waals surface area contributed by atoms with Gasteiger partial charge in [-0.2, -0.15) is 0 Å². The van der Waals surface area contributed by atoms with Crippen molar-refractivity contribution in [2.24, 2.45) is 47.3 Å². The summed E-state index contributed by atoms with van der Waals surface area (Å²) < 4.78 is 0. The van der Waals surface area contributed by atoms with Crippen molar-refractivity contribution in [2.75, 3.05) is 0 Å². The molecule has 0 heterocycles. The van der Waals surface area contributed by atoms with Gasteiger partial charge in [0.15, 0.2) is 0 Å². The summed E-state index contributed by atoms with van der Waals surface area (Å²) in [6.07, 6.45) is 8.42. The van der Waals surface area contributed by atoms with Crippen molar-refractivity contribution in [1.29, 1.82) is 0 Å². The van der Waals surface area contributed by atoms with E-state index in [1.807, 2.05) is 0 Å². The molecule has 0 aliphatic rings. The molecule has 0 spiro atoms. The van der Waals surface area contributed by atoms with E-state index in [0.29, 0.717) is 0 Å². The molecule has 0 bridgehead atoms. The molecule has 0 amide bonds. The monoisotopic (exact) mass is 338 g/mol. The van der Waals surface area contributed by atoms with Crippen LogP contribution in [-0.2, 0) is 0 Å². The van der Waals surface area contributed by atoms with Crippen LogP contribution in [-0.4, -0.2) is 0 Å². The molecular formula is C24H50. The van der Waals surface area contributed by atoms with Crippen LogP contribution in [0.2, 0.25) is 0 Å². The molecule has 146 valence electrons. The molecular weight excluding hydrogens is 288 g/mol. The minimum Gasteiger partial charge on any atom is -0.0654 e. The molecule has 0 aromatic heterocycles. The van der Waals surface area contributed by atoms with Crippen LogP contribution >= 0.6 is 0 Å². The summed E-state index contributed by atoms with van der Waals surface area (Å²) in [6.45, 7) is 24.3. The Labute approximate surface area is 155 Å². The first-order valence-electron chi connectivity index (χ1n) is 11.1. The Kier molecular flexibility index (Phi) is 12.4. The van der Waals surface area contributed by atoms with E-state index < -0.39 is 0 Å². The van der Waals surface area contributed by atoms with Crippen molar-refractivity contribution in [1.82, 2.24) is 0 Å². The van der Waals surface area contributed by atoms with Gasteiger partial charge >= 0.3 is 0 Å². The third-order valence-electron chi connectivity index (χ3n) is 7.23. The lowest BCUT2D eigenvalue weighted by Crippen LogP contribution is -2.27. The van der Waals surface area contributed by atoms with Gasteiger partial charge in [-0.3, -0.25) is 0 Å². The molecule has 0 radical (unpaired) electrons. The molecule has 0 aromatic carbocycles. The summed E-state index contributed by atoms with van der Waals surface area (Å²) in [5.41, 5.74) is 0. The molecule has 0 aliphatic carbocycles. The van der Waals surface area contributed by atoms with Crippen LogP contribution in [0.3, 0.4) is 0 Å². The molecule has 6 unspecified atom stereocenters. The van der Waals surface area contributed by atoms with Gasteiger partial charge in [0.05, 0.1) is 0 Å². The summed E-state index contributed by atoms with van der Waals surface area (Å²) in [5.74, 6) is 6.92. The summed E-state index contributed by atoms with van der Waals surface area (Å²) in [6, 6.07) is 0. The van der Waals surface area contributed by atoms with E-state index in [9.17, 15) is 0 Å². The first kappa shape index (κ1) is 24.0. The van der Waals surface area contributed by atoms with Gasteiger partial charge in [-0.05, 0) is 60.2 Å². The summed E-state index contributed by atoms with van der Waals surface area (Å²) in [5, 5.41) is 0. The Morgan fingerprint density at radius 1 is 0.625 bits per heavy atom. The Balaban J connectivity index is 4.97. The van der Waals surface area contributed by atoms with Gasteiger partial charge in [-0.15, -0.1) is 0 Å². The lowest BCUT2D eigenvalue weighted by atomic mass is 9.69. The highest BCUT2D eigenvalue weighted by molar-refractivity contribution is 4.79. The molecule has 24 heavy (non-hydrogen) atoms. The lowest BCUT2D eigenvalue weighted by molar-refractivity contribution is 0.139. The van der Waals surface area contributed by atoms with Gasteiger partial charge in [-0.25, -0.2) is 0 Å². The molecule has 6 atom stereocenters. The van der Waals surface area contributed by atoms with E-state index in [1.165, 1.54) is 38.5 Å². The molecule has 0 aromatic rings. The maximum absolute atomic E-state index is 2.51. The Bertz CT molecular complexity index is 290. The van der Waals surface area contributed by atoms with Gasteiger partial charge in [0, 0.05) is 0 Å². The highest BCUT2D eigenvalue weighted by atomic mass is 14.3. The second kappa shape index (κ2) is 12.4. The normalized spacial score (nSPS) is 20.0. The van der Waals surface area contributed by atoms with Crippen LogP contribution in [0.4, 0.5) is 0 Å². The Morgan fingerprint density at radius 2 is 1.17 bits per heavy atom.